The molecule has 0 saturated carbocycles. The molecule has 3 aromatic rings. The number of carbonyl (C=O) groups excluding carboxylic acids is 1. The molecule has 4 rings (SSSR count). The number of rotatable bonds is 7. The van der Waals surface area contributed by atoms with Crippen LogP contribution in [0.3, 0.4) is 0 Å². The van der Waals surface area contributed by atoms with E-state index in [2.05, 4.69) is 15.5 Å². The molecule has 180 valence electrons. The average molecular weight is 500 g/mol. The van der Waals surface area contributed by atoms with Crippen LogP contribution < -0.4 is 5.32 Å². The Balaban J connectivity index is 1.42. The van der Waals surface area contributed by atoms with Gasteiger partial charge in [-0.1, -0.05) is 54.1 Å². The quantitative estimate of drug-likeness (QED) is 0.494. The SMILES string of the molecule is Cc1ccc(-c2nnc(SCC(=O)Nc3ccc(C)c(S(=O)(=O)N4CCCCC4)c3)n2C)cc1. The van der Waals surface area contributed by atoms with Crippen molar-refractivity contribution in [2.24, 2.45) is 7.05 Å². The van der Waals surface area contributed by atoms with Gasteiger partial charge < -0.3 is 9.88 Å². The summed E-state index contributed by atoms with van der Waals surface area (Å²) >= 11 is 1.28. The van der Waals surface area contributed by atoms with Crippen molar-refractivity contribution in [3.63, 3.8) is 0 Å². The Labute approximate surface area is 204 Å². The number of hydrogen-bond acceptors (Lipinski definition) is 6. The van der Waals surface area contributed by atoms with Gasteiger partial charge in [0.1, 0.15) is 0 Å². The first-order chi connectivity index (χ1) is 16.3. The number of nitrogens with zero attached hydrogens (tertiary/aromatic N) is 4. The molecule has 2 heterocycles. The number of amides is 1. The van der Waals surface area contributed by atoms with Crippen LogP contribution in [0, 0.1) is 13.8 Å². The van der Waals surface area contributed by atoms with Crippen LogP contribution in [0.25, 0.3) is 11.4 Å². The molecule has 0 unspecified atom stereocenters. The van der Waals surface area contributed by atoms with Crippen LogP contribution in [-0.2, 0) is 21.9 Å². The van der Waals surface area contributed by atoms with E-state index in [4.69, 9.17) is 0 Å². The molecule has 0 bridgehead atoms. The summed E-state index contributed by atoms with van der Waals surface area (Å²) in [5.74, 6) is 0.617. The maximum Gasteiger partial charge on any atom is 0.243 e. The van der Waals surface area contributed by atoms with E-state index in [1.54, 1.807) is 29.4 Å². The third-order valence-electron chi connectivity index (χ3n) is 5.88. The zero-order valence-electron chi connectivity index (χ0n) is 19.6. The molecular formula is C24H29N5O3S2. The number of thioether (sulfide) groups is 1. The highest BCUT2D eigenvalue weighted by atomic mass is 32.2. The molecule has 0 aliphatic carbocycles. The fraction of sp³-hybridized carbons (Fsp3) is 0.375. The van der Waals surface area contributed by atoms with Crippen LogP contribution in [0.5, 0.6) is 0 Å². The molecule has 0 atom stereocenters. The molecular weight excluding hydrogens is 470 g/mol. The fourth-order valence-corrected chi connectivity index (χ4v) is 6.40. The van der Waals surface area contributed by atoms with Crippen LogP contribution in [-0.4, -0.2) is 52.2 Å². The van der Waals surface area contributed by atoms with E-state index >= 15 is 0 Å². The van der Waals surface area contributed by atoms with Crippen molar-refractivity contribution in [3.05, 3.63) is 53.6 Å². The molecule has 0 radical (unpaired) electrons. The number of nitrogens with one attached hydrogen (secondary N) is 1. The van der Waals surface area contributed by atoms with E-state index in [0.29, 0.717) is 29.5 Å². The first-order valence-electron chi connectivity index (χ1n) is 11.3. The maximum absolute atomic E-state index is 13.1. The summed E-state index contributed by atoms with van der Waals surface area (Å²) in [7, 11) is -1.71. The summed E-state index contributed by atoms with van der Waals surface area (Å²) in [6.45, 7) is 4.88. The fourth-order valence-electron chi connectivity index (χ4n) is 3.92. The first-order valence-corrected chi connectivity index (χ1v) is 13.7. The van der Waals surface area contributed by atoms with Crippen LogP contribution in [0.4, 0.5) is 5.69 Å². The number of piperidine rings is 1. The number of carbonyl (C=O) groups is 1. The number of aromatic nitrogens is 3. The largest absolute Gasteiger partial charge is 0.325 e. The van der Waals surface area contributed by atoms with E-state index < -0.39 is 10.0 Å². The minimum Gasteiger partial charge on any atom is -0.325 e. The molecule has 0 spiro atoms. The van der Waals surface area contributed by atoms with E-state index in [1.165, 1.54) is 17.3 Å². The second-order valence-corrected chi connectivity index (χ2v) is 11.4. The van der Waals surface area contributed by atoms with E-state index in [9.17, 15) is 13.2 Å². The zero-order valence-corrected chi connectivity index (χ0v) is 21.2. The highest BCUT2D eigenvalue weighted by Crippen LogP contribution is 2.27. The van der Waals surface area contributed by atoms with Crippen molar-refractivity contribution in [2.75, 3.05) is 24.2 Å². The Morgan fingerprint density at radius 1 is 1.03 bits per heavy atom. The summed E-state index contributed by atoms with van der Waals surface area (Å²) in [5, 5.41) is 11.9. The lowest BCUT2D eigenvalue weighted by Crippen LogP contribution is -2.36. The predicted octanol–water partition coefficient (Wildman–Crippen LogP) is 4.00. The van der Waals surface area contributed by atoms with Crippen molar-refractivity contribution in [1.82, 2.24) is 19.1 Å². The predicted molar refractivity (Wildman–Crippen MR) is 134 cm³/mol. The third kappa shape index (κ3) is 5.34. The monoisotopic (exact) mass is 499 g/mol. The summed E-state index contributed by atoms with van der Waals surface area (Å²) in [5.41, 5.74) is 3.25. The molecule has 8 nitrogen and oxygen atoms in total. The van der Waals surface area contributed by atoms with Gasteiger partial charge >= 0.3 is 0 Å². The van der Waals surface area contributed by atoms with Gasteiger partial charge in [-0.25, -0.2) is 8.42 Å². The summed E-state index contributed by atoms with van der Waals surface area (Å²) in [6.07, 6.45) is 2.80. The summed E-state index contributed by atoms with van der Waals surface area (Å²) in [4.78, 5) is 12.9. The number of anilines is 1. The van der Waals surface area contributed by atoms with Crippen LogP contribution >= 0.6 is 11.8 Å². The van der Waals surface area contributed by atoms with Gasteiger partial charge in [-0.05, 0) is 44.4 Å². The lowest BCUT2D eigenvalue weighted by molar-refractivity contribution is -0.113. The lowest BCUT2D eigenvalue weighted by atomic mass is 10.1. The first kappa shape index (κ1) is 24.4. The Morgan fingerprint density at radius 3 is 2.44 bits per heavy atom. The lowest BCUT2D eigenvalue weighted by Gasteiger charge is -2.26. The second kappa shape index (κ2) is 10.3. The Hall–Kier alpha value is -2.69. The number of hydrogen-bond donors (Lipinski definition) is 1. The molecule has 2 aromatic carbocycles. The van der Waals surface area contributed by atoms with Gasteiger partial charge in [0.15, 0.2) is 11.0 Å². The van der Waals surface area contributed by atoms with Gasteiger partial charge in [-0.3, -0.25) is 4.79 Å². The van der Waals surface area contributed by atoms with Crippen molar-refractivity contribution >= 4 is 33.4 Å². The molecule has 34 heavy (non-hydrogen) atoms. The summed E-state index contributed by atoms with van der Waals surface area (Å²) in [6, 6.07) is 13.0. The van der Waals surface area contributed by atoms with Crippen LogP contribution in [0.15, 0.2) is 52.5 Å². The van der Waals surface area contributed by atoms with Crippen molar-refractivity contribution in [1.29, 1.82) is 0 Å². The van der Waals surface area contributed by atoms with Crippen LogP contribution in [0.1, 0.15) is 30.4 Å². The number of benzene rings is 2. The van der Waals surface area contributed by atoms with Crippen molar-refractivity contribution in [3.8, 4) is 11.4 Å². The van der Waals surface area contributed by atoms with Gasteiger partial charge in [0.25, 0.3) is 0 Å². The standard InChI is InChI=1S/C24H29N5O3S2/c1-17-7-10-19(11-8-17)23-26-27-24(28(23)3)33-16-22(30)25-20-12-9-18(2)21(15-20)34(31,32)29-13-5-4-6-14-29/h7-12,15H,4-6,13-14,16H2,1-3H3,(H,25,30). The number of aryl methyl sites for hydroxylation is 2. The molecule has 1 aliphatic rings. The zero-order chi connectivity index (χ0) is 24.3. The Bertz CT molecular complexity index is 1280. The maximum atomic E-state index is 13.1. The second-order valence-electron chi connectivity index (χ2n) is 8.51. The minimum absolute atomic E-state index is 0.127. The Morgan fingerprint density at radius 2 is 1.74 bits per heavy atom. The van der Waals surface area contributed by atoms with Gasteiger partial charge in [0.2, 0.25) is 15.9 Å². The van der Waals surface area contributed by atoms with Gasteiger partial charge in [0, 0.05) is 31.4 Å². The van der Waals surface area contributed by atoms with Gasteiger partial charge in [-0.15, -0.1) is 10.2 Å². The third-order valence-corrected chi connectivity index (χ3v) is 8.94. The smallest absolute Gasteiger partial charge is 0.243 e. The molecule has 1 amide bonds. The van der Waals surface area contributed by atoms with Crippen molar-refractivity contribution in [2.45, 2.75) is 43.2 Å². The van der Waals surface area contributed by atoms with E-state index in [1.807, 2.05) is 42.8 Å². The number of sulfonamides is 1. The average Bonchev–Trinajstić information content (AvgIpc) is 3.20. The normalized spacial score (nSPS) is 14.8. The molecule has 1 N–H and O–H groups in total. The molecule has 1 saturated heterocycles. The molecule has 1 fully saturated rings. The molecule has 1 aromatic heterocycles. The Kier molecular flexibility index (Phi) is 7.39. The van der Waals surface area contributed by atoms with Gasteiger partial charge in [0.05, 0.1) is 10.6 Å². The topological polar surface area (TPSA) is 97.2 Å². The van der Waals surface area contributed by atoms with Crippen molar-refractivity contribution < 1.29 is 13.2 Å². The van der Waals surface area contributed by atoms with Gasteiger partial charge in [-0.2, -0.15) is 4.31 Å². The highest BCUT2D eigenvalue weighted by Gasteiger charge is 2.27. The minimum atomic E-state index is -3.58. The highest BCUT2D eigenvalue weighted by molar-refractivity contribution is 7.99. The molecule has 10 heteroatoms. The molecule has 1 aliphatic heterocycles. The van der Waals surface area contributed by atoms with Crippen LogP contribution in [0.2, 0.25) is 0 Å². The summed E-state index contributed by atoms with van der Waals surface area (Å²) < 4.78 is 29.6. The van der Waals surface area contributed by atoms with E-state index in [0.717, 1.165) is 30.7 Å². The van der Waals surface area contributed by atoms with E-state index in [-0.39, 0.29) is 16.6 Å².